The molecule has 0 spiro atoms. The second-order valence-corrected chi connectivity index (χ2v) is 4.07. The van der Waals surface area contributed by atoms with Crippen molar-refractivity contribution in [1.29, 1.82) is 0 Å². The van der Waals surface area contributed by atoms with Crippen LogP contribution in [0.15, 0.2) is 6.20 Å². The van der Waals surface area contributed by atoms with Gasteiger partial charge >= 0.3 is 0 Å². The van der Waals surface area contributed by atoms with Gasteiger partial charge < -0.3 is 4.90 Å². The van der Waals surface area contributed by atoms with Crippen LogP contribution in [0.2, 0.25) is 0 Å². The van der Waals surface area contributed by atoms with Gasteiger partial charge in [0.15, 0.2) is 6.29 Å². The molecule has 0 atom stereocenters. The Hall–Kier alpha value is -1.45. The van der Waals surface area contributed by atoms with Crippen LogP contribution in [0.5, 0.6) is 0 Å². The topological polar surface area (TPSA) is 46.1 Å². The molecule has 1 saturated carbocycles. The Kier molecular flexibility index (Phi) is 3.17. The normalized spacial score (nSPS) is 14.9. The van der Waals surface area contributed by atoms with Crippen molar-refractivity contribution in [1.82, 2.24) is 9.97 Å². The van der Waals surface area contributed by atoms with Gasteiger partial charge in [-0.25, -0.2) is 9.97 Å². The second kappa shape index (κ2) is 4.60. The third-order valence-electron chi connectivity index (χ3n) is 2.97. The minimum atomic E-state index is 0.484. The molecule has 1 heterocycles. The molecule has 1 aliphatic carbocycles. The lowest BCUT2D eigenvalue weighted by molar-refractivity contribution is 0.112. The molecular formula is C12H17N3O. The summed E-state index contributed by atoms with van der Waals surface area (Å²) in [6.07, 6.45) is 4.81. The Morgan fingerprint density at radius 1 is 1.44 bits per heavy atom. The van der Waals surface area contributed by atoms with E-state index in [0.29, 0.717) is 11.5 Å². The average molecular weight is 219 g/mol. The van der Waals surface area contributed by atoms with Crippen LogP contribution in [-0.4, -0.2) is 29.3 Å². The zero-order valence-electron chi connectivity index (χ0n) is 9.81. The number of aldehydes is 1. The van der Waals surface area contributed by atoms with E-state index < -0.39 is 0 Å². The van der Waals surface area contributed by atoms with Crippen molar-refractivity contribution in [3.8, 4) is 0 Å². The molecule has 0 bridgehead atoms. The van der Waals surface area contributed by atoms with E-state index in [2.05, 4.69) is 28.7 Å². The molecule has 1 aliphatic rings. The first kappa shape index (κ1) is 11.0. The van der Waals surface area contributed by atoms with Crippen molar-refractivity contribution < 1.29 is 4.79 Å². The molecule has 1 fully saturated rings. The van der Waals surface area contributed by atoms with Gasteiger partial charge in [-0.05, 0) is 26.7 Å². The summed E-state index contributed by atoms with van der Waals surface area (Å²) in [5.41, 5.74) is 1.59. The maximum atomic E-state index is 10.9. The van der Waals surface area contributed by atoms with Crippen LogP contribution in [0.1, 0.15) is 48.7 Å². The first-order valence-corrected chi connectivity index (χ1v) is 5.87. The molecule has 86 valence electrons. The highest BCUT2D eigenvalue weighted by Gasteiger charge is 2.28. The summed E-state index contributed by atoms with van der Waals surface area (Å²) in [6.45, 7) is 5.94. The number of hydrogen-bond acceptors (Lipinski definition) is 4. The van der Waals surface area contributed by atoms with Crippen molar-refractivity contribution in [2.24, 2.45) is 0 Å². The molecule has 4 heteroatoms. The number of anilines is 1. The summed E-state index contributed by atoms with van der Waals surface area (Å²) in [4.78, 5) is 21.8. The first-order chi connectivity index (χ1) is 7.80. The Labute approximate surface area is 95.7 Å². The van der Waals surface area contributed by atoms with Gasteiger partial charge in [0.1, 0.15) is 0 Å². The van der Waals surface area contributed by atoms with Crippen LogP contribution in [0.3, 0.4) is 0 Å². The molecular weight excluding hydrogens is 202 g/mol. The van der Waals surface area contributed by atoms with Crippen LogP contribution < -0.4 is 4.90 Å². The monoisotopic (exact) mass is 219 g/mol. The summed E-state index contributed by atoms with van der Waals surface area (Å²) in [5.74, 6) is 1.23. The fourth-order valence-electron chi connectivity index (χ4n) is 1.83. The highest BCUT2D eigenvalue weighted by molar-refractivity contribution is 5.76. The van der Waals surface area contributed by atoms with E-state index >= 15 is 0 Å². The zero-order valence-corrected chi connectivity index (χ0v) is 9.81. The fraction of sp³-hybridized carbons (Fsp3) is 0.583. The van der Waals surface area contributed by atoms with E-state index in [0.717, 1.165) is 43.9 Å². The maximum absolute atomic E-state index is 10.9. The molecule has 0 radical (unpaired) electrons. The quantitative estimate of drug-likeness (QED) is 0.711. The van der Waals surface area contributed by atoms with E-state index in [-0.39, 0.29) is 0 Å². The summed E-state index contributed by atoms with van der Waals surface area (Å²) >= 11 is 0. The van der Waals surface area contributed by atoms with E-state index in [9.17, 15) is 4.79 Å². The number of hydrogen-bond donors (Lipinski definition) is 0. The van der Waals surface area contributed by atoms with Crippen molar-refractivity contribution in [3.05, 3.63) is 17.5 Å². The fourth-order valence-corrected chi connectivity index (χ4v) is 1.83. The Morgan fingerprint density at radius 3 is 2.62 bits per heavy atom. The summed E-state index contributed by atoms with van der Waals surface area (Å²) in [7, 11) is 0. The van der Waals surface area contributed by atoms with Crippen molar-refractivity contribution in [2.45, 2.75) is 32.6 Å². The SMILES string of the molecule is CCN(CC)c1ncc(C=O)c(C2CC2)n1. The first-order valence-electron chi connectivity index (χ1n) is 5.87. The third kappa shape index (κ3) is 2.05. The second-order valence-electron chi connectivity index (χ2n) is 4.07. The van der Waals surface area contributed by atoms with E-state index in [1.165, 1.54) is 0 Å². The lowest BCUT2D eigenvalue weighted by Gasteiger charge is -2.19. The largest absolute Gasteiger partial charge is 0.341 e. The standard InChI is InChI=1S/C12H17N3O/c1-3-15(4-2)12-13-7-10(8-16)11(14-12)9-5-6-9/h7-9H,3-6H2,1-2H3. The Morgan fingerprint density at radius 2 is 2.12 bits per heavy atom. The van der Waals surface area contributed by atoms with Crippen molar-refractivity contribution >= 4 is 12.2 Å². The third-order valence-corrected chi connectivity index (χ3v) is 2.97. The molecule has 1 aromatic heterocycles. The van der Waals surface area contributed by atoms with Gasteiger partial charge in [0.05, 0.1) is 11.3 Å². The lowest BCUT2D eigenvalue weighted by Crippen LogP contribution is -2.24. The van der Waals surface area contributed by atoms with Crippen LogP contribution >= 0.6 is 0 Å². The van der Waals surface area contributed by atoms with Gasteiger partial charge in [0.2, 0.25) is 5.95 Å². The van der Waals surface area contributed by atoms with Gasteiger partial charge in [0, 0.05) is 25.2 Å². The van der Waals surface area contributed by atoms with E-state index in [4.69, 9.17) is 0 Å². The Bertz CT molecular complexity index is 384. The summed E-state index contributed by atoms with van der Waals surface area (Å²) in [5, 5.41) is 0. The molecule has 2 rings (SSSR count). The number of carbonyl (C=O) groups excluding carboxylic acids is 1. The van der Waals surface area contributed by atoms with Crippen LogP contribution in [-0.2, 0) is 0 Å². The lowest BCUT2D eigenvalue weighted by atomic mass is 10.2. The van der Waals surface area contributed by atoms with E-state index in [1.807, 2.05) is 0 Å². The van der Waals surface area contributed by atoms with Crippen LogP contribution in [0.4, 0.5) is 5.95 Å². The van der Waals surface area contributed by atoms with Gasteiger partial charge in [0.25, 0.3) is 0 Å². The molecule has 4 nitrogen and oxygen atoms in total. The number of carbonyl (C=O) groups is 1. The van der Waals surface area contributed by atoms with Gasteiger partial charge in [-0.2, -0.15) is 0 Å². The Balaban J connectivity index is 2.34. The summed E-state index contributed by atoms with van der Waals surface area (Å²) < 4.78 is 0. The average Bonchev–Trinajstić information content (AvgIpc) is 3.14. The molecule has 0 aromatic carbocycles. The van der Waals surface area contributed by atoms with Crippen LogP contribution in [0, 0.1) is 0 Å². The van der Waals surface area contributed by atoms with Gasteiger partial charge in [-0.15, -0.1) is 0 Å². The van der Waals surface area contributed by atoms with Crippen molar-refractivity contribution in [3.63, 3.8) is 0 Å². The van der Waals surface area contributed by atoms with Crippen LogP contribution in [0.25, 0.3) is 0 Å². The highest BCUT2D eigenvalue weighted by Crippen LogP contribution is 2.40. The molecule has 0 unspecified atom stereocenters. The summed E-state index contributed by atoms with van der Waals surface area (Å²) in [6, 6.07) is 0. The van der Waals surface area contributed by atoms with Gasteiger partial charge in [-0.1, -0.05) is 0 Å². The molecule has 0 aliphatic heterocycles. The minimum Gasteiger partial charge on any atom is -0.341 e. The number of nitrogens with zero attached hydrogens (tertiary/aromatic N) is 3. The minimum absolute atomic E-state index is 0.484. The molecule has 1 aromatic rings. The number of rotatable bonds is 5. The molecule has 0 N–H and O–H groups in total. The maximum Gasteiger partial charge on any atom is 0.225 e. The molecule has 16 heavy (non-hydrogen) atoms. The van der Waals surface area contributed by atoms with E-state index in [1.54, 1.807) is 6.20 Å². The molecule has 0 saturated heterocycles. The predicted molar refractivity (Wildman–Crippen MR) is 63.0 cm³/mol. The van der Waals surface area contributed by atoms with Crippen molar-refractivity contribution in [2.75, 3.05) is 18.0 Å². The zero-order chi connectivity index (χ0) is 11.5. The predicted octanol–water partition coefficient (Wildman–Crippen LogP) is 2.01. The highest BCUT2D eigenvalue weighted by atomic mass is 16.1. The smallest absolute Gasteiger partial charge is 0.225 e. The number of aromatic nitrogens is 2. The van der Waals surface area contributed by atoms with Gasteiger partial charge in [-0.3, -0.25) is 4.79 Å². The molecule has 0 amide bonds.